The van der Waals surface area contributed by atoms with Gasteiger partial charge in [-0.2, -0.15) is 5.10 Å². The van der Waals surface area contributed by atoms with Gasteiger partial charge in [-0.05, 0) is 19.9 Å². The summed E-state index contributed by atoms with van der Waals surface area (Å²) in [7, 11) is 1.93. The van der Waals surface area contributed by atoms with E-state index in [9.17, 15) is 0 Å². The first kappa shape index (κ1) is 9.71. The molecule has 4 nitrogen and oxygen atoms in total. The van der Waals surface area contributed by atoms with Crippen LogP contribution in [0.4, 0.5) is 5.69 Å². The minimum atomic E-state index is 0.740. The second-order valence-electron chi connectivity index (χ2n) is 3.63. The van der Waals surface area contributed by atoms with Crippen molar-refractivity contribution < 1.29 is 0 Å². The molecule has 0 atom stereocenters. The van der Waals surface area contributed by atoms with Crippen molar-refractivity contribution in [2.75, 3.05) is 5.73 Å². The number of anilines is 1. The van der Waals surface area contributed by atoms with Gasteiger partial charge < -0.3 is 5.73 Å². The van der Waals surface area contributed by atoms with E-state index in [4.69, 9.17) is 5.73 Å². The molecule has 0 aliphatic rings. The summed E-state index contributed by atoms with van der Waals surface area (Å²) in [6, 6.07) is 1.81. The molecule has 0 spiro atoms. The van der Waals surface area contributed by atoms with Crippen molar-refractivity contribution in [3.8, 4) is 11.1 Å². The third-order valence-corrected chi connectivity index (χ3v) is 2.63. The van der Waals surface area contributed by atoms with Crippen LogP contribution in [0.1, 0.15) is 11.4 Å². The number of rotatable bonds is 1. The van der Waals surface area contributed by atoms with E-state index in [0.29, 0.717) is 0 Å². The van der Waals surface area contributed by atoms with Gasteiger partial charge in [0.2, 0.25) is 0 Å². The summed E-state index contributed by atoms with van der Waals surface area (Å²) in [5, 5.41) is 4.36. The number of aromatic nitrogens is 3. The molecule has 0 fully saturated rings. The van der Waals surface area contributed by atoms with E-state index >= 15 is 0 Å². The number of hydrogen-bond donors (Lipinski definition) is 1. The molecule has 0 aromatic carbocycles. The Labute approximate surface area is 88.8 Å². The summed E-state index contributed by atoms with van der Waals surface area (Å²) in [5.74, 6) is 0. The van der Waals surface area contributed by atoms with Crippen LogP contribution in [-0.4, -0.2) is 14.8 Å². The van der Waals surface area contributed by atoms with Crippen LogP contribution in [-0.2, 0) is 7.05 Å². The maximum atomic E-state index is 5.92. The molecule has 0 saturated heterocycles. The fraction of sp³-hybridized carbons (Fsp3) is 0.273. The monoisotopic (exact) mass is 202 g/mol. The van der Waals surface area contributed by atoms with Crippen LogP contribution in [0.3, 0.4) is 0 Å². The molecule has 2 rings (SSSR count). The van der Waals surface area contributed by atoms with E-state index in [1.807, 2.05) is 25.6 Å². The third-order valence-electron chi connectivity index (χ3n) is 2.63. The summed E-state index contributed by atoms with van der Waals surface area (Å²) in [5.41, 5.74) is 10.8. The number of nitrogens with two attached hydrogens (primary N) is 1. The van der Waals surface area contributed by atoms with E-state index in [1.54, 1.807) is 18.5 Å². The Morgan fingerprint density at radius 3 is 2.60 bits per heavy atom. The van der Waals surface area contributed by atoms with Crippen molar-refractivity contribution in [2.24, 2.45) is 7.05 Å². The molecule has 2 heterocycles. The van der Waals surface area contributed by atoms with Crippen molar-refractivity contribution in [3.05, 3.63) is 29.8 Å². The molecule has 2 N–H and O–H groups in total. The molecule has 2 aromatic heterocycles. The maximum absolute atomic E-state index is 5.92. The van der Waals surface area contributed by atoms with Gasteiger partial charge in [-0.3, -0.25) is 9.67 Å². The Bertz CT molecular complexity index is 499. The first-order chi connectivity index (χ1) is 7.11. The smallest absolute Gasteiger partial charge is 0.0676 e. The summed E-state index contributed by atoms with van der Waals surface area (Å²) in [4.78, 5) is 4.10. The summed E-state index contributed by atoms with van der Waals surface area (Å²) in [6.45, 7) is 4.01. The van der Waals surface area contributed by atoms with E-state index in [2.05, 4.69) is 10.1 Å². The molecule has 4 heteroatoms. The highest BCUT2D eigenvalue weighted by Gasteiger charge is 2.13. The molecule has 0 unspecified atom stereocenters. The average Bonchev–Trinajstić information content (AvgIpc) is 2.43. The first-order valence-electron chi connectivity index (χ1n) is 4.81. The normalized spacial score (nSPS) is 10.6. The second kappa shape index (κ2) is 3.38. The largest absolute Gasteiger partial charge is 0.398 e. The zero-order valence-electron chi connectivity index (χ0n) is 9.15. The number of nitrogens with zero attached hydrogens (tertiary/aromatic N) is 3. The van der Waals surface area contributed by atoms with Crippen LogP contribution in [0.25, 0.3) is 11.1 Å². The van der Waals surface area contributed by atoms with Crippen molar-refractivity contribution in [2.45, 2.75) is 13.8 Å². The maximum Gasteiger partial charge on any atom is 0.0676 e. The molecule has 78 valence electrons. The highest BCUT2D eigenvalue weighted by atomic mass is 15.3. The second-order valence-corrected chi connectivity index (χ2v) is 3.63. The highest BCUT2D eigenvalue weighted by Crippen LogP contribution is 2.29. The highest BCUT2D eigenvalue weighted by molar-refractivity contribution is 5.78. The molecule has 2 aromatic rings. The minimum absolute atomic E-state index is 0.740. The Morgan fingerprint density at radius 1 is 1.33 bits per heavy atom. The van der Waals surface area contributed by atoms with Gasteiger partial charge in [0.15, 0.2) is 0 Å². The number of aryl methyl sites for hydroxylation is 2. The lowest BCUT2D eigenvalue weighted by Crippen LogP contribution is -1.94. The van der Waals surface area contributed by atoms with E-state index in [1.165, 1.54) is 0 Å². The van der Waals surface area contributed by atoms with Crippen molar-refractivity contribution >= 4 is 5.69 Å². The van der Waals surface area contributed by atoms with Crippen LogP contribution in [0.5, 0.6) is 0 Å². The summed E-state index contributed by atoms with van der Waals surface area (Å²) in [6.07, 6.45) is 3.48. The Morgan fingerprint density at radius 2 is 2.07 bits per heavy atom. The predicted molar refractivity (Wildman–Crippen MR) is 60.3 cm³/mol. The van der Waals surface area contributed by atoms with E-state index in [0.717, 1.165) is 28.2 Å². The van der Waals surface area contributed by atoms with Gasteiger partial charge in [0.1, 0.15) is 0 Å². The Kier molecular flexibility index (Phi) is 2.19. The molecular weight excluding hydrogens is 188 g/mol. The zero-order chi connectivity index (χ0) is 11.0. The summed E-state index contributed by atoms with van der Waals surface area (Å²) >= 11 is 0. The lowest BCUT2D eigenvalue weighted by Gasteiger charge is -2.04. The van der Waals surface area contributed by atoms with Crippen LogP contribution in [0.2, 0.25) is 0 Å². The van der Waals surface area contributed by atoms with Gasteiger partial charge in [-0.25, -0.2) is 0 Å². The number of pyridine rings is 1. The molecule has 0 bridgehead atoms. The molecule has 0 saturated carbocycles. The molecule has 0 aliphatic carbocycles. The first-order valence-corrected chi connectivity index (χ1v) is 4.81. The lowest BCUT2D eigenvalue weighted by atomic mass is 10.0. The zero-order valence-corrected chi connectivity index (χ0v) is 9.15. The topological polar surface area (TPSA) is 56.7 Å². The van der Waals surface area contributed by atoms with Crippen LogP contribution in [0, 0.1) is 13.8 Å². The van der Waals surface area contributed by atoms with Gasteiger partial charge >= 0.3 is 0 Å². The SMILES string of the molecule is Cc1nn(C)c(C)c1-c1cnccc1N. The predicted octanol–water partition coefficient (Wildman–Crippen LogP) is 1.68. The minimum Gasteiger partial charge on any atom is -0.398 e. The van der Waals surface area contributed by atoms with Gasteiger partial charge in [-0.15, -0.1) is 0 Å². The molecule has 0 amide bonds. The van der Waals surface area contributed by atoms with Crippen molar-refractivity contribution in [1.82, 2.24) is 14.8 Å². The number of hydrogen-bond acceptors (Lipinski definition) is 3. The van der Waals surface area contributed by atoms with Crippen LogP contribution < -0.4 is 5.73 Å². The van der Waals surface area contributed by atoms with Gasteiger partial charge in [0, 0.05) is 41.9 Å². The lowest BCUT2D eigenvalue weighted by molar-refractivity contribution is 0.731. The standard InChI is InChI=1S/C11H14N4/c1-7-11(8(2)15(3)14-7)9-6-13-5-4-10(9)12/h4-6H,1-3H3,(H2,12,13). The molecule has 0 radical (unpaired) electrons. The average molecular weight is 202 g/mol. The van der Waals surface area contributed by atoms with Gasteiger partial charge in [0.25, 0.3) is 0 Å². The molecular formula is C11H14N4. The Balaban J connectivity index is 2.69. The fourth-order valence-corrected chi connectivity index (χ4v) is 1.78. The molecule has 15 heavy (non-hydrogen) atoms. The fourth-order valence-electron chi connectivity index (χ4n) is 1.78. The Hall–Kier alpha value is -1.84. The summed E-state index contributed by atoms with van der Waals surface area (Å²) < 4.78 is 1.86. The van der Waals surface area contributed by atoms with Crippen LogP contribution in [0.15, 0.2) is 18.5 Å². The molecule has 0 aliphatic heterocycles. The quantitative estimate of drug-likeness (QED) is 0.765. The van der Waals surface area contributed by atoms with Gasteiger partial charge in [0.05, 0.1) is 5.69 Å². The van der Waals surface area contributed by atoms with Gasteiger partial charge in [-0.1, -0.05) is 0 Å². The van der Waals surface area contributed by atoms with E-state index in [-0.39, 0.29) is 0 Å². The van der Waals surface area contributed by atoms with E-state index < -0.39 is 0 Å². The van der Waals surface area contributed by atoms with Crippen molar-refractivity contribution in [3.63, 3.8) is 0 Å². The van der Waals surface area contributed by atoms with Crippen molar-refractivity contribution in [1.29, 1.82) is 0 Å². The number of nitrogen functional groups attached to an aromatic ring is 1. The third kappa shape index (κ3) is 1.48. The van der Waals surface area contributed by atoms with Crippen LogP contribution >= 0.6 is 0 Å².